The first-order chi connectivity index (χ1) is 10.3. The molecule has 2 nitrogen and oxygen atoms in total. The fraction of sp³-hybridized carbons (Fsp3) is 0.333. The Morgan fingerprint density at radius 3 is 2.57 bits per heavy atom. The van der Waals surface area contributed by atoms with Crippen molar-refractivity contribution in [1.82, 2.24) is 10.2 Å². The van der Waals surface area contributed by atoms with E-state index in [4.69, 9.17) is 11.6 Å². The van der Waals surface area contributed by atoms with Gasteiger partial charge in [0.15, 0.2) is 0 Å². The Balaban J connectivity index is 1.76. The number of hydrogen-bond acceptors (Lipinski definition) is 2. The SMILES string of the molecule is CC(c1ccccc1Cl)N1CCNC(c2ccccc2)C1. The van der Waals surface area contributed by atoms with Crippen LogP contribution >= 0.6 is 11.6 Å². The topological polar surface area (TPSA) is 15.3 Å². The van der Waals surface area contributed by atoms with Gasteiger partial charge in [-0.05, 0) is 24.1 Å². The van der Waals surface area contributed by atoms with Crippen LogP contribution in [-0.2, 0) is 0 Å². The summed E-state index contributed by atoms with van der Waals surface area (Å²) in [5, 5.41) is 4.47. The molecule has 0 aromatic heterocycles. The average molecular weight is 301 g/mol. The molecule has 0 radical (unpaired) electrons. The van der Waals surface area contributed by atoms with Crippen LogP contribution in [0.15, 0.2) is 54.6 Å². The molecular weight excluding hydrogens is 280 g/mol. The molecule has 0 spiro atoms. The lowest BCUT2D eigenvalue weighted by Gasteiger charge is -2.38. The second-order valence-corrected chi connectivity index (χ2v) is 6.02. The maximum Gasteiger partial charge on any atom is 0.0453 e. The lowest BCUT2D eigenvalue weighted by Crippen LogP contribution is -2.46. The molecule has 0 bridgehead atoms. The zero-order chi connectivity index (χ0) is 14.7. The molecule has 1 saturated heterocycles. The van der Waals surface area contributed by atoms with Gasteiger partial charge in [-0.1, -0.05) is 60.1 Å². The number of piperazine rings is 1. The van der Waals surface area contributed by atoms with Crippen molar-refractivity contribution in [2.75, 3.05) is 19.6 Å². The normalized spacial score (nSPS) is 21.1. The van der Waals surface area contributed by atoms with Gasteiger partial charge in [0, 0.05) is 36.7 Å². The van der Waals surface area contributed by atoms with E-state index in [1.807, 2.05) is 12.1 Å². The Bertz CT molecular complexity index is 585. The summed E-state index contributed by atoms with van der Waals surface area (Å²) < 4.78 is 0. The van der Waals surface area contributed by atoms with E-state index in [0.29, 0.717) is 12.1 Å². The quantitative estimate of drug-likeness (QED) is 0.920. The Morgan fingerprint density at radius 1 is 1.10 bits per heavy atom. The first-order valence-corrected chi connectivity index (χ1v) is 7.90. The summed E-state index contributed by atoms with van der Waals surface area (Å²) in [6, 6.07) is 19.6. The molecule has 2 unspecified atom stereocenters. The highest BCUT2D eigenvalue weighted by Crippen LogP contribution is 2.29. The molecule has 0 aliphatic carbocycles. The summed E-state index contributed by atoms with van der Waals surface area (Å²) in [4.78, 5) is 2.51. The van der Waals surface area contributed by atoms with Gasteiger partial charge in [-0.2, -0.15) is 0 Å². The van der Waals surface area contributed by atoms with Gasteiger partial charge in [0.05, 0.1) is 0 Å². The number of halogens is 1. The summed E-state index contributed by atoms with van der Waals surface area (Å²) in [6.45, 7) is 5.31. The molecule has 3 rings (SSSR count). The number of nitrogens with one attached hydrogen (secondary N) is 1. The van der Waals surface area contributed by atoms with Gasteiger partial charge < -0.3 is 5.32 Å². The van der Waals surface area contributed by atoms with E-state index < -0.39 is 0 Å². The zero-order valence-electron chi connectivity index (χ0n) is 12.3. The molecule has 0 saturated carbocycles. The minimum atomic E-state index is 0.340. The third kappa shape index (κ3) is 3.29. The summed E-state index contributed by atoms with van der Waals surface area (Å²) in [5.74, 6) is 0. The van der Waals surface area contributed by atoms with Crippen LogP contribution in [0.2, 0.25) is 5.02 Å². The highest BCUT2D eigenvalue weighted by Gasteiger charge is 2.25. The van der Waals surface area contributed by atoms with Crippen LogP contribution in [-0.4, -0.2) is 24.5 Å². The summed E-state index contributed by atoms with van der Waals surface area (Å²) in [5.41, 5.74) is 2.57. The molecule has 1 fully saturated rings. The van der Waals surface area contributed by atoms with E-state index in [0.717, 1.165) is 24.7 Å². The number of nitrogens with zero attached hydrogens (tertiary/aromatic N) is 1. The molecule has 1 aliphatic rings. The van der Waals surface area contributed by atoms with E-state index in [9.17, 15) is 0 Å². The van der Waals surface area contributed by atoms with Crippen LogP contribution in [0, 0.1) is 0 Å². The van der Waals surface area contributed by atoms with E-state index >= 15 is 0 Å². The van der Waals surface area contributed by atoms with Gasteiger partial charge in [0.25, 0.3) is 0 Å². The Hall–Kier alpha value is -1.35. The molecule has 0 amide bonds. The monoisotopic (exact) mass is 300 g/mol. The number of benzene rings is 2. The summed E-state index contributed by atoms with van der Waals surface area (Å²) in [6.07, 6.45) is 0. The van der Waals surface area contributed by atoms with Crippen molar-refractivity contribution in [3.05, 3.63) is 70.7 Å². The second-order valence-electron chi connectivity index (χ2n) is 5.61. The van der Waals surface area contributed by atoms with Crippen LogP contribution in [0.3, 0.4) is 0 Å². The van der Waals surface area contributed by atoms with Crippen LogP contribution < -0.4 is 5.32 Å². The first-order valence-electron chi connectivity index (χ1n) is 7.52. The van der Waals surface area contributed by atoms with Crippen LogP contribution in [0.5, 0.6) is 0 Å². The fourth-order valence-electron chi connectivity index (χ4n) is 3.04. The van der Waals surface area contributed by atoms with E-state index in [2.05, 4.69) is 59.6 Å². The molecular formula is C18H21ClN2. The molecule has 1 aliphatic heterocycles. The summed E-state index contributed by atoms with van der Waals surface area (Å²) >= 11 is 6.35. The van der Waals surface area contributed by atoms with Crippen molar-refractivity contribution in [3.8, 4) is 0 Å². The van der Waals surface area contributed by atoms with Crippen LogP contribution in [0.25, 0.3) is 0 Å². The largest absolute Gasteiger partial charge is 0.308 e. The lowest BCUT2D eigenvalue weighted by atomic mass is 10.0. The van der Waals surface area contributed by atoms with Crippen LogP contribution in [0.1, 0.15) is 30.1 Å². The van der Waals surface area contributed by atoms with Crippen LogP contribution in [0.4, 0.5) is 0 Å². The molecule has 2 aromatic carbocycles. The van der Waals surface area contributed by atoms with Crippen molar-refractivity contribution in [2.24, 2.45) is 0 Å². The average Bonchev–Trinajstić information content (AvgIpc) is 2.56. The molecule has 110 valence electrons. The van der Waals surface area contributed by atoms with Gasteiger partial charge in [-0.25, -0.2) is 0 Å². The van der Waals surface area contributed by atoms with E-state index in [1.54, 1.807) is 0 Å². The van der Waals surface area contributed by atoms with Crippen molar-refractivity contribution >= 4 is 11.6 Å². The van der Waals surface area contributed by atoms with E-state index in [1.165, 1.54) is 11.1 Å². The van der Waals surface area contributed by atoms with Crippen molar-refractivity contribution in [1.29, 1.82) is 0 Å². The third-order valence-corrected chi connectivity index (χ3v) is 4.66. The Morgan fingerprint density at radius 2 is 1.81 bits per heavy atom. The Labute approximate surface area is 131 Å². The standard InChI is InChI=1S/C18H21ClN2/c1-14(16-9-5-6-10-17(16)19)21-12-11-20-18(13-21)15-7-3-2-4-8-15/h2-10,14,18,20H,11-13H2,1H3. The number of hydrogen-bond donors (Lipinski definition) is 1. The second kappa shape index (κ2) is 6.61. The Kier molecular flexibility index (Phi) is 4.59. The van der Waals surface area contributed by atoms with Gasteiger partial charge in [0.1, 0.15) is 0 Å². The number of rotatable bonds is 3. The molecule has 2 atom stereocenters. The predicted octanol–water partition coefficient (Wildman–Crippen LogP) is 4.05. The minimum absolute atomic E-state index is 0.340. The van der Waals surface area contributed by atoms with Gasteiger partial charge in [-0.3, -0.25) is 4.90 Å². The first kappa shape index (κ1) is 14.6. The summed E-state index contributed by atoms with van der Waals surface area (Å²) in [7, 11) is 0. The van der Waals surface area contributed by atoms with Gasteiger partial charge in [-0.15, -0.1) is 0 Å². The predicted molar refractivity (Wildman–Crippen MR) is 88.6 cm³/mol. The smallest absolute Gasteiger partial charge is 0.0453 e. The minimum Gasteiger partial charge on any atom is -0.308 e. The van der Waals surface area contributed by atoms with Crippen molar-refractivity contribution < 1.29 is 0 Å². The molecule has 1 heterocycles. The molecule has 21 heavy (non-hydrogen) atoms. The lowest BCUT2D eigenvalue weighted by molar-refractivity contribution is 0.153. The maximum atomic E-state index is 6.35. The molecule has 2 aromatic rings. The molecule has 1 N–H and O–H groups in total. The van der Waals surface area contributed by atoms with Gasteiger partial charge >= 0.3 is 0 Å². The maximum absolute atomic E-state index is 6.35. The fourth-order valence-corrected chi connectivity index (χ4v) is 3.34. The highest BCUT2D eigenvalue weighted by atomic mass is 35.5. The van der Waals surface area contributed by atoms with Crippen molar-refractivity contribution in [2.45, 2.75) is 19.0 Å². The van der Waals surface area contributed by atoms with Gasteiger partial charge in [0.2, 0.25) is 0 Å². The van der Waals surface area contributed by atoms with Crippen molar-refractivity contribution in [3.63, 3.8) is 0 Å². The highest BCUT2D eigenvalue weighted by molar-refractivity contribution is 6.31. The van der Waals surface area contributed by atoms with E-state index in [-0.39, 0.29) is 0 Å². The third-order valence-electron chi connectivity index (χ3n) is 4.31. The molecule has 3 heteroatoms. The zero-order valence-corrected chi connectivity index (χ0v) is 13.1.